The van der Waals surface area contributed by atoms with Crippen molar-refractivity contribution in [2.24, 2.45) is 0 Å². The lowest BCUT2D eigenvalue weighted by Crippen LogP contribution is -2.60. The smallest absolute Gasteiger partial charge is 0.306 e. The maximum Gasteiger partial charge on any atom is 0.306 e. The van der Waals surface area contributed by atoms with Crippen molar-refractivity contribution < 1.29 is 47.4 Å². The molecule has 0 saturated carbocycles. The van der Waals surface area contributed by atoms with Crippen LogP contribution in [0.2, 0.25) is 0 Å². The van der Waals surface area contributed by atoms with E-state index in [9.17, 15) is 4.79 Å². The first kappa shape index (κ1) is 49.1. The molecule has 0 aliphatic carbocycles. The fourth-order valence-corrected chi connectivity index (χ4v) is 7.96. The third-order valence-corrected chi connectivity index (χ3v) is 11.5. The average molecular weight is 907 g/mol. The highest BCUT2D eigenvalue weighted by molar-refractivity contribution is 5.69. The number of esters is 1. The van der Waals surface area contributed by atoms with E-state index >= 15 is 0 Å². The molecule has 8 atom stereocenters. The number of hydrogen-bond donors (Lipinski definition) is 0. The van der Waals surface area contributed by atoms with Gasteiger partial charge < -0.3 is 42.6 Å². The molecule has 7 rings (SSSR count). The highest BCUT2D eigenvalue weighted by Gasteiger charge is 2.49. The van der Waals surface area contributed by atoms with Crippen molar-refractivity contribution in [1.29, 1.82) is 0 Å². The summed E-state index contributed by atoms with van der Waals surface area (Å²) < 4.78 is 58.7. The maximum atomic E-state index is 14.4. The summed E-state index contributed by atoms with van der Waals surface area (Å²) >= 11 is 0. The van der Waals surface area contributed by atoms with Gasteiger partial charge in [0.15, 0.2) is 12.4 Å². The van der Waals surface area contributed by atoms with Gasteiger partial charge in [0.2, 0.25) is 0 Å². The van der Waals surface area contributed by atoms with E-state index in [4.69, 9.17) is 42.6 Å². The van der Waals surface area contributed by atoms with E-state index < -0.39 is 55.0 Å². The minimum absolute atomic E-state index is 0.0303. The molecule has 1 saturated heterocycles. The van der Waals surface area contributed by atoms with E-state index in [0.717, 1.165) is 33.4 Å². The molecule has 1 aliphatic heterocycles. The number of methoxy groups -OCH3 is 1. The molecule has 350 valence electrons. The maximum absolute atomic E-state index is 14.4. The van der Waals surface area contributed by atoms with E-state index in [0.29, 0.717) is 26.4 Å². The summed E-state index contributed by atoms with van der Waals surface area (Å²) in [5.41, 5.74) is 5.87. The quantitative estimate of drug-likeness (QED) is 0.0367. The van der Waals surface area contributed by atoms with Gasteiger partial charge in [-0.2, -0.15) is 0 Å². The van der Waals surface area contributed by atoms with Gasteiger partial charge in [0.05, 0.1) is 52.4 Å². The van der Waals surface area contributed by atoms with Crippen LogP contribution in [-0.2, 0) is 87.1 Å². The highest BCUT2D eigenvalue weighted by atomic mass is 16.7. The summed E-state index contributed by atoms with van der Waals surface area (Å²) in [6.45, 7) is 5.85. The zero-order valence-electron chi connectivity index (χ0n) is 38.2. The Kier molecular flexibility index (Phi) is 19.9. The molecule has 0 bridgehead atoms. The molecule has 1 heterocycles. The van der Waals surface area contributed by atoms with Crippen molar-refractivity contribution >= 4 is 5.97 Å². The molecule has 0 amide bonds. The molecule has 1 fully saturated rings. The fourth-order valence-electron chi connectivity index (χ4n) is 7.96. The molecular weight excluding hydrogens is 845 g/mol. The molecule has 6 aromatic carbocycles. The number of carbonyl (C=O) groups excluding carboxylic acids is 1. The standard InChI is InChI=1S/C57H62O10/c1-3-49(61-37-44-24-12-5-13-25-44)53(62-38-45-26-14-6-15-27-45)51(42-60-36-43-22-10-4-11-23-43)66-52(58)35-34-50-54(63-39-46-28-16-7-17-29-46)55(64-40-47-30-18-8-19-31-47)56(57(59-2)67-50)65-41-48-32-20-9-21-33-48/h3-33,49-51,53-57H,1,34-42H2,2H3/t49-,50-,51-,53+,54+,55+,56-,57+/m1/s1. The lowest BCUT2D eigenvalue weighted by molar-refractivity contribution is -0.318. The highest BCUT2D eigenvalue weighted by Crippen LogP contribution is 2.33. The molecule has 0 N–H and O–H groups in total. The van der Waals surface area contributed by atoms with Crippen LogP contribution in [-0.4, -0.2) is 68.7 Å². The Hall–Kier alpha value is -5.79. The van der Waals surface area contributed by atoms with Gasteiger partial charge in [-0.15, -0.1) is 6.58 Å². The predicted octanol–water partition coefficient (Wildman–Crippen LogP) is 10.4. The third-order valence-electron chi connectivity index (χ3n) is 11.5. The molecule has 67 heavy (non-hydrogen) atoms. The Morgan fingerprint density at radius 2 is 0.940 bits per heavy atom. The molecule has 0 radical (unpaired) electrons. The van der Waals surface area contributed by atoms with Gasteiger partial charge in [-0.25, -0.2) is 0 Å². The first-order chi connectivity index (χ1) is 33.1. The van der Waals surface area contributed by atoms with Crippen molar-refractivity contribution in [2.45, 2.75) is 102 Å². The summed E-state index contributed by atoms with van der Waals surface area (Å²) in [7, 11) is 1.58. The summed E-state index contributed by atoms with van der Waals surface area (Å²) in [6.07, 6.45) is -3.98. The molecule has 10 nitrogen and oxygen atoms in total. The van der Waals surface area contributed by atoms with Crippen LogP contribution >= 0.6 is 0 Å². The van der Waals surface area contributed by atoms with Gasteiger partial charge in [-0.1, -0.05) is 188 Å². The van der Waals surface area contributed by atoms with Crippen LogP contribution in [0.25, 0.3) is 0 Å². The van der Waals surface area contributed by atoms with Crippen molar-refractivity contribution in [3.05, 3.63) is 228 Å². The molecule has 0 unspecified atom stereocenters. The van der Waals surface area contributed by atoms with Crippen LogP contribution in [0, 0.1) is 0 Å². The number of benzene rings is 6. The van der Waals surface area contributed by atoms with Gasteiger partial charge in [0.1, 0.15) is 30.5 Å². The van der Waals surface area contributed by atoms with E-state index in [1.165, 1.54) is 0 Å². The van der Waals surface area contributed by atoms with Gasteiger partial charge in [0.25, 0.3) is 0 Å². The van der Waals surface area contributed by atoms with Crippen molar-refractivity contribution in [3.8, 4) is 0 Å². The van der Waals surface area contributed by atoms with Crippen LogP contribution in [0.4, 0.5) is 0 Å². The topological polar surface area (TPSA) is 100 Å². The third kappa shape index (κ3) is 15.6. The summed E-state index contributed by atoms with van der Waals surface area (Å²) in [4.78, 5) is 14.4. The van der Waals surface area contributed by atoms with E-state index in [2.05, 4.69) is 6.58 Å². The minimum Gasteiger partial charge on any atom is -0.457 e. The minimum atomic E-state index is -0.888. The number of carbonyl (C=O) groups is 1. The zero-order chi connectivity index (χ0) is 46.3. The lowest BCUT2D eigenvalue weighted by Gasteiger charge is -2.45. The number of rotatable bonds is 27. The summed E-state index contributed by atoms with van der Waals surface area (Å²) in [5.74, 6) is -0.476. The van der Waals surface area contributed by atoms with Gasteiger partial charge in [-0.3, -0.25) is 4.79 Å². The molecule has 0 spiro atoms. The normalized spacial score (nSPS) is 19.5. The zero-order valence-corrected chi connectivity index (χ0v) is 38.2. The summed E-state index contributed by atoms with van der Waals surface area (Å²) in [5, 5.41) is 0. The molecule has 6 aromatic rings. The van der Waals surface area contributed by atoms with Crippen LogP contribution in [0.5, 0.6) is 0 Å². The molecule has 0 aromatic heterocycles. The van der Waals surface area contributed by atoms with E-state index in [-0.39, 0.29) is 32.7 Å². The first-order valence-corrected chi connectivity index (χ1v) is 23.0. The van der Waals surface area contributed by atoms with Crippen LogP contribution in [0.15, 0.2) is 195 Å². The molecule has 1 aliphatic rings. The second kappa shape index (κ2) is 27.1. The largest absolute Gasteiger partial charge is 0.457 e. The van der Waals surface area contributed by atoms with Crippen molar-refractivity contribution in [3.63, 3.8) is 0 Å². The predicted molar refractivity (Wildman–Crippen MR) is 256 cm³/mol. The second-order valence-electron chi connectivity index (χ2n) is 16.4. The molecular formula is C57H62O10. The fraction of sp³-hybridized carbons (Fsp3) is 0.316. The SMILES string of the molecule is C=C[C@@H](OCc1ccccc1)[C@H](OCc1ccccc1)[C@@H](COCc1ccccc1)OC(=O)CC[C@H]1O[C@H](OC)[C@H](OCc2ccccc2)[C@@H](OCc2ccccc2)[C@H]1OCc1ccccc1. The van der Waals surface area contributed by atoms with Crippen LogP contribution in [0.1, 0.15) is 46.2 Å². The van der Waals surface area contributed by atoms with Crippen molar-refractivity contribution in [2.75, 3.05) is 13.7 Å². The number of ether oxygens (including phenoxy) is 9. The van der Waals surface area contributed by atoms with Gasteiger partial charge in [0, 0.05) is 13.5 Å². The molecule has 10 heteroatoms. The van der Waals surface area contributed by atoms with Gasteiger partial charge >= 0.3 is 5.97 Å². The van der Waals surface area contributed by atoms with Crippen molar-refractivity contribution in [1.82, 2.24) is 0 Å². The Morgan fingerprint density at radius 3 is 1.39 bits per heavy atom. The number of hydrogen-bond acceptors (Lipinski definition) is 10. The van der Waals surface area contributed by atoms with E-state index in [1.54, 1.807) is 13.2 Å². The average Bonchev–Trinajstić information content (AvgIpc) is 3.38. The Balaban J connectivity index is 1.13. The summed E-state index contributed by atoms with van der Waals surface area (Å²) in [6, 6.07) is 59.4. The Bertz CT molecular complexity index is 2270. The monoisotopic (exact) mass is 906 g/mol. The van der Waals surface area contributed by atoms with Crippen LogP contribution in [0.3, 0.4) is 0 Å². The second-order valence-corrected chi connectivity index (χ2v) is 16.4. The Labute approximate surface area is 395 Å². The van der Waals surface area contributed by atoms with E-state index in [1.807, 2.05) is 182 Å². The van der Waals surface area contributed by atoms with Gasteiger partial charge in [-0.05, 0) is 39.8 Å². The van der Waals surface area contributed by atoms with Crippen LogP contribution < -0.4 is 0 Å². The lowest BCUT2D eigenvalue weighted by atomic mass is 9.94. The first-order valence-electron chi connectivity index (χ1n) is 23.0. The Morgan fingerprint density at radius 1 is 0.537 bits per heavy atom.